The summed E-state index contributed by atoms with van der Waals surface area (Å²) in [6, 6.07) is 17.9. The number of carbonyl (C=O) groups excluding carboxylic acids is 1. The number of benzene rings is 2. The Morgan fingerprint density at radius 1 is 1.15 bits per heavy atom. The van der Waals surface area contributed by atoms with Gasteiger partial charge in [0.05, 0.1) is 11.1 Å². The zero-order valence-corrected chi connectivity index (χ0v) is 15.8. The molecule has 3 aromatic rings. The van der Waals surface area contributed by atoms with Gasteiger partial charge in [-0.3, -0.25) is 4.79 Å². The first kappa shape index (κ1) is 18.4. The van der Waals surface area contributed by atoms with Crippen molar-refractivity contribution in [3.8, 4) is 0 Å². The number of nitrogens with one attached hydrogen (secondary N) is 1. The largest absolute Gasteiger partial charge is 0.385 e. The van der Waals surface area contributed by atoms with E-state index in [0.717, 1.165) is 27.2 Å². The Kier molecular flexibility index (Phi) is 6.26. The molecule has 0 saturated heterocycles. The minimum Gasteiger partial charge on any atom is -0.385 e. The Labute approximate surface area is 158 Å². The Bertz CT molecular complexity index is 894. The molecule has 1 N–H and O–H groups in total. The van der Waals surface area contributed by atoms with Crippen molar-refractivity contribution in [1.82, 2.24) is 10.3 Å². The van der Waals surface area contributed by atoms with Crippen LogP contribution in [0.15, 0.2) is 64.5 Å². The van der Waals surface area contributed by atoms with E-state index in [0.29, 0.717) is 18.7 Å². The van der Waals surface area contributed by atoms with Crippen LogP contribution in [0.3, 0.4) is 0 Å². The summed E-state index contributed by atoms with van der Waals surface area (Å²) in [5, 5.41) is 4.65. The van der Waals surface area contributed by atoms with Crippen LogP contribution in [0.2, 0.25) is 0 Å². The third-order valence-corrected chi connectivity index (χ3v) is 4.92. The molecule has 0 spiro atoms. The maximum absolute atomic E-state index is 12.7. The van der Waals surface area contributed by atoms with Crippen molar-refractivity contribution in [1.29, 1.82) is 0 Å². The first-order valence-electron chi connectivity index (χ1n) is 8.59. The number of ether oxygens (including phenoxy) is 1. The van der Waals surface area contributed by atoms with Crippen molar-refractivity contribution in [3.05, 3.63) is 65.7 Å². The topological polar surface area (TPSA) is 51.2 Å². The Morgan fingerprint density at radius 2 is 1.92 bits per heavy atom. The highest BCUT2D eigenvalue weighted by Crippen LogP contribution is 2.30. The van der Waals surface area contributed by atoms with Crippen molar-refractivity contribution in [2.24, 2.45) is 0 Å². The summed E-state index contributed by atoms with van der Waals surface area (Å²) in [5.41, 5.74) is 2.70. The van der Waals surface area contributed by atoms with Gasteiger partial charge >= 0.3 is 0 Å². The second-order valence-electron chi connectivity index (χ2n) is 6.04. The fourth-order valence-electron chi connectivity index (χ4n) is 2.63. The number of aromatic nitrogens is 1. The molecule has 0 aliphatic heterocycles. The van der Waals surface area contributed by atoms with E-state index in [-0.39, 0.29) is 5.91 Å². The van der Waals surface area contributed by atoms with Crippen LogP contribution in [0.5, 0.6) is 0 Å². The minimum absolute atomic E-state index is 0.0783. The number of methoxy groups -OCH3 is 1. The predicted molar refractivity (Wildman–Crippen MR) is 106 cm³/mol. The molecule has 0 unspecified atom stereocenters. The number of fused-ring (bicyclic) bond motifs is 1. The number of aryl methyl sites for hydroxylation is 1. The second kappa shape index (κ2) is 8.83. The molecule has 134 valence electrons. The van der Waals surface area contributed by atoms with Crippen LogP contribution < -0.4 is 5.32 Å². The van der Waals surface area contributed by atoms with Crippen molar-refractivity contribution in [2.75, 3.05) is 20.3 Å². The van der Waals surface area contributed by atoms with Gasteiger partial charge in [-0.15, -0.1) is 0 Å². The number of nitrogens with zero attached hydrogens (tertiary/aromatic N) is 1. The van der Waals surface area contributed by atoms with Crippen LogP contribution in [-0.4, -0.2) is 31.2 Å². The number of para-hydroxylation sites is 1. The molecule has 3 rings (SSSR count). The van der Waals surface area contributed by atoms with Crippen molar-refractivity contribution < 1.29 is 9.53 Å². The van der Waals surface area contributed by atoms with Gasteiger partial charge in [-0.25, -0.2) is 4.98 Å². The van der Waals surface area contributed by atoms with Crippen LogP contribution in [-0.2, 0) is 4.74 Å². The van der Waals surface area contributed by atoms with Crippen LogP contribution in [0, 0.1) is 6.92 Å². The maximum Gasteiger partial charge on any atom is 0.252 e. The van der Waals surface area contributed by atoms with Crippen LogP contribution in [0.25, 0.3) is 10.9 Å². The number of rotatable bonds is 7. The Morgan fingerprint density at radius 3 is 2.69 bits per heavy atom. The quantitative estimate of drug-likeness (QED) is 0.627. The first-order valence-corrected chi connectivity index (χ1v) is 9.40. The summed E-state index contributed by atoms with van der Waals surface area (Å²) in [6.07, 6.45) is 0.788. The summed E-state index contributed by atoms with van der Waals surface area (Å²) in [5.74, 6) is -0.0783. The van der Waals surface area contributed by atoms with Crippen LogP contribution in [0.1, 0.15) is 22.3 Å². The van der Waals surface area contributed by atoms with Gasteiger partial charge in [0.25, 0.3) is 5.91 Å². The van der Waals surface area contributed by atoms with E-state index in [2.05, 4.69) is 36.5 Å². The molecule has 1 heterocycles. The Balaban J connectivity index is 1.88. The van der Waals surface area contributed by atoms with Crippen molar-refractivity contribution in [3.63, 3.8) is 0 Å². The van der Waals surface area contributed by atoms with Gasteiger partial charge in [0.2, 0.25) is 0 Å². The molecule has 0 radical (unpaired) electrons. The third-order valence-electron chi connectivity index (χ3n) is 3.99. The van der Waals surface area contributed by atoms with Gasteiger partial charge in [0, 0.05) is 30.5 Å². The van der Waals surface area contributed by atoms with E-state index < -0.39 is 0 Å². The third kappa shape index (κ3) is 4.62. The van der Waals surface area contributed by atoms with E-state index in [1.54, 1.807) is 18.9 Å². The summed E-state index contributed by atoms with van der Waals surface area (Å²) < 4.78 is 5.03. The number of hydrogen-bond acceptors (Lipinski definition) is 4. The van der Waals surface area contributed by atoms with Crippen molar-refractivity contribution in [2.45, 2.75) is 23.3 Å². The standard InChI is InChI=1S/C21H22N2O2S/c1-15-8-10-16(11-9-15)26-20-14-18(21(24)22-12-5-13-25-2)17-6-3-4-7-19(17)23-20/h3-4,6-11,14H,5,12-13H2,1-2H3,(H,22,24). The lowest BCUT2D eigenvalue weighted by Crippen LogP contribution is -2.25. The average molecular weight is 366 g/mol. The first-order chi connectivity index (χ1) is 12.7. The lowest BCUT2D eigenvalue weighted by molar-refractivity contribution is 0.0950. The summed E-state index contributed by atoms with van der Waals surface area (Å²) >= 11 is 1.56. The maximum atomic E-state index is 12.7. The molecule has 26 heavy (non-hydrogen) atoms. The van der Waals surface area contributed by atoms with Gasteiger partial charge in [-0.1, -0.05) is 47.7 Å². The zero-order chi connectivity index (χ0) is 18.4. The minimum atomic E-state index is -0.0783. The van der Waals surface area contributed by atoms with Gasteiger partial charge < -0.3 is 10.1 Å². The van der Waals surface area contributed by atoms with E-state index in [1.807, 2.05) is 30.3 Å². The van der Waals surface area contributed by atoms with Crippen molar-refractivity contribution >= 4 is 28.6 Å². The molecule has 0 atom stereocenters. The molecule has 5 heteroatoms. The predicted octanol–water partition coefficient (Wildman–Crippen LogP) is 4.46. The monoisotopic (exact) mass is 366 g/mol. The normalized spacial score (nSPS) is 10.8. The SMILES string of the molecule is COCCCNC(=O)c1cc(Sc2ccc(C)cc2)nc2ccccc12. The van der Waals surface area contributed by atoms with Crippen LogP contribution in [0.4, 0.5) is 0 Å². The van der Waals surface area contributed by atoms with Gasteiger partial charge in [-0.05, 0) is 37.6 Å². The molecule has 2 aromatic carbocycles. The van der Waals surface area contributed by atoms with Gasteiger partial charge in [-0.2, -0.15) is 0 Å². The molecule has 1 amide bonds. The molecule has 4 nitrogen and oxygen atoms in total. The van der Waals surface area contributed by atoms with Crippen LogP contribution >= 0.6 is 11.8 Å². The lowest BCUT2D eigenvalue weighted by Gasteiger charge is -2.10. The summed E-state index contributed by atoms with van der Waals surface area (Å²) in [4.78, 5) is 18.5. The molecule has 1 aromatic heterocycles. The number of amides is 1. The van der Waals surface area contributed by atoms with Gasteiger partial charge in [0.15, 0.2) is 0 Å². The van der Waals surface area contributed by atoms with E-state index in [9.17, 15) is 4.79 Å². The summed E-state index contributed by atoms with van der Waals surface area (Å²) in [7, 11) is 1.66. The fraction of sp³-hybridized carbons (Fsp3) is 0.238. The highest BCUT2D eigenvalue weighted by atomic mass is 32.2. The molecule has 0 saturated carbocycles. The molecule has 0 fully saturated rings. The number of carbonyl (C=O) groups is 1. The molecule has 0 aliphatic carbocycles. The molecular weight excluding hydrogens is 344 g/mol. The highest BCUT2D eigenvalue weighted by molar-refractivity contribution is 7.99. The molecule has 0 bridgehead atoms. The number of hydrogen-bond donors (Lipinski definition) is 1. The smallest absolute Gasteiger partial charge is 0.252 e. The van der Waals surface area contributed by atoms with E-state index in [4.69, 9.17) is 9.72 Å². The molecular formula is C21H22N2O2S. The fourth-order valence-corrected chi connectivity index (χ4v) is 3.47. The van der Waals surface area contributed by atoms with Gasteiger partial charge in [0.1, 0.15) is 5.03 Å². The highest BCUT2D eigenvalue weighted by Gasteiger charge is 2.13. The molecule has 0 aliphatic rings. The lowest BCUT2D eigenvalue weighted by atomic mass is 10.1. The summed E-state index contributed by atoms with van der Waals surface area (Å²) in [6.45, 7) is 3.28. The number of pyridine rings is 1. The van der Waals surface area contributed by atoms with E-state index in [1.165, 1.54) is 5.56 Å². The average Bonchev–Trinajstić information content (AvgIpc) is 2.66. The van der Waals surface area contributed by atoms with E-state index >= 15 is 0 Å². The Hall–Kier alpha value is -2.37. The second-order valence-corrected chi connectivity index (χ2v) is 7.14. The zero-order valence-electron chi connectivity index (χ0n) is 15.0.